The van der Waals surface area contributed by atoms with E-state index in [2.05, 4.69) is 0 Å². The van der Waals surface area contributed by atoms with Gasteiger partial charge in [-0.15, -0.1) is 0 Å². The maximum atomic E-state index is 12.1. The van der Waals surface area contributed by atoms with Gasteiger partial charge in [-0.25, -0.2) is 0 Å². The Kier molecular flexibility index (Phi) is 3.22. The van der Waals surface area contributed by atoms with Crippen molar-refractivity contribution in [2.75, 3.05) is 0 Å². The molecule has 0 aromatic heterocycles. The van der Waals surface area contributed by atoms with E-state index in [4.69, 9.17) is 5.11 Å². The van der Waals surface area contributed by atoms with Crippen LogP contribution in [0.1, 0.15) is 40.5 Å². The number of carboxylic acids is 1. The Hall–Kier alpha value is -0.860. The Morgan fingerprint density at radius 2 is 1.87 bits per heavy atom. The fourth-order valence-electron chi connectivity index (χ4n) is 2.30. The third-order valence-electron chi connectivity index (χ3n) is 4.04. The van der Waals surface area contributed by atoms with Crippen LogP contribution in [0.25, 0.3) is 0 Å². The summed E-state index contributed by atoms with van der Waals surface area (Å²) in [6.07, 6.45) is 1.76. The molecule has 3 heteroatoms. The van der Waals surface area contributed by atoms with Gasteiger partial charge in [0, 0.05) is 5.41 Å². The molecule has 0 radical (unpaired) electrons. The molecule has 1 N–H and O–H groups in total. The van der Waals surface area contributed by atoms with Crippen LogP contribution in [0.4, 0.5) is 0 Å². The van der Waals surface area contributed by atoms with E-state index in [0.717, 1.165) is 12.8 Å². The van der Waals surface area contributed by atoms with Crippen molar-refractivity contribution in [1.82, 2.24) is 0 Å². The molecule has 1 saturated carbocycles. The summed E-state index contributed by atoms with van der Waals surface area (Å²) in [5.74, 6) is -1.66. The number of rotatable bonds is 1. The molecule has 1 rings (SSSR count). The van der Waals surface area contributed by atoms with Crippen LogP contribution in [-0.4, -0.2) is 16.9 Å². The average molecular weight is 212 g/mol. The largest absolute Gasteiger partial charge is 0.481 e. The van der Waals surface area contributed by atoms with Crippen molar-refractivity contribution in [2.45, 2.75) is 40.5 Å². The number of carboxylic acid groups (broad SMARTS) is 1. The van der Waals surface area contributed by atoms with Gasteiger partial charge < -0.3 is 5.11 Å². The quantitative estimate of drug-likeness (QED) is 0.536. The molecule has 0 saturated heterocycles. The summed E-state index contributed by atoms with van der Waals surface area (Å²) in [6.45, 7) is 7.64. The minimum atomic E-state index is -0.963. The highest BCUT2D eigenvalue weighted by atomic mass is 16.4. The summed E-state index contributed by atoms with van der Waals surface area (Å²) in [5, 5.41) is 9.10. The van der Waals surface area contributed by atoms with E-state index >= 15 is 0 Å². The zero-order valence-corrected chi connectivity index (χ0v) is 9.91. The third-order valence-corrected chi connectivity index (χ3v) is 4.04. The lowest BCUT2D eigenvalue weighted by atomic mass is 9.72. The lowest BCUT2D eigenvalue weighted by Crippen LogP contribution is -2.39. The Balaban J connectivity index is 3.07. The highest BCUT2D eigenvalue weighted by molar-refractivity contribution is 6.01. The zero-order valence-electron chi connectivity index (χ0n) is 9.91. The van der Waals surface area contributed by atoms with Crippen LogP contribution in [-0.2, 0) is 9.59 Å². The molecule has 0 aromatic rings. The predicted octanol–water partition coefficient (Wildman–Crippen LogP) is 2.35. The summed E-state index contributed by atoms with van der Waals surface area (Å²) < 4.78 is 0. The van der Waals surface area contributed by atoms with E-state index in [1.54, 1.807) is 0 Å². The van der Waals surface area contributed by atoms with Gasteiger partial charge >= 0.3 is 5.97 Å². The Morgan fingerprint density at radius 3 is 2.33 bits per heavy atom. The monoisotopic (exact) mass is 212 g/mol. The molecule has 0 heterocycles. The Bertz CT molecular complexity index is 281. The first-order valence-electron chi connectivity index (χ1n) is 5.55. The van der Waals surface area contributed by atoms with Crippen molar-refractivity contribution in [3.05, 3.63) is 0 Å². The SMILES string of the molecule is CC1CCC(C)C(C)(C)C(=O)C1C(=O)O. The fraction of sp³-hybridized carbons (Fsp3) is 0.833. The minimum absolute atomic E-state index is 0.0424. The molecule has 3 atom stereocenters. The van der Waals surface area contributed by atoms with E-state index in [0.29, 0.717) is 0 Å². The number of ketones is 1. The summed E-state index contributed by atoms with van der Waals surface area (Å²) in [6, 6.07) is 0. The Morgan fingerprint density at radius 1 is 1.33 bits per heavy atom. The maximum absolute atomic E-state index is 12.1. The molecule has 0 aromatic carbocycles. The second-order valence-electron chi connectivity index (χ2n) is 5.36. The molecule has 0 bridgehead atoms. The molecule has 3 unspecified atom stereocenters. The normalized spacial score (nSPS) is 36.0. The second-order valence-corrected chi connectivity index (χ2v) is 5.36. The van der Waals surface area contributed by atoms with Gasteiger partial charge in [-0.2, -0.15) is 0 Å². The minimum Gasteiger partial charge on any atom is -0.481 e. The molecular weight excluding hydrogens is 192 g/mol. The van der Waals surface area contributed by atoms with E-state index in [1.165, 1.54) is 0 Å². The van der Waals surface area contributed by atoms with Crippen molar-refractivity contribution in [1.29, 1.82) is 0 Å². The number of carbonyl (C=O) groups is 2. The van der Waals surface area contributed by atoms with Gasteiger partial charge in [0.1, 0.15) is 5.92 Å². The lowest BCUT2D eigenvalue weighted by Gasteiger charge is -2.29. The highest BCUT2D eigenvalue weighted by Crippen LogP contribution is 2.40. The van der Waals surface area contributed by atoms with Gasteiger partial charge in [-0.1, -0.05) is 27.7 Å². The topological polar surface area (TPSA) is 54.4 Å². The molecule has 0 aliphatic heterocycles. The highest BCUT2D eigenvalue weighted by Gasteiger charge is 2.45. The van der Waals surface area contributed by atoms with Gasteiger partial charge in [-0.05, 0) is 24.7 Å². The van der Waals surface area contributed by atoms with Gasteiger partial charge in [0.15, 0.2) is 5.78 Å². The molecule has 15 heavy (non-hydrogen) atoms. The summed E-state index contributed by atoms with van der Waals surface area (Å²) >= 11 is 0. The Labute approximate surface area is 90.9 Å². The van der Waals surface area contributed by atoms with Gasteiger partial charge in [-0.3, -0.25) is 9.59 Å². The smallest absolute Gasteiger partial charge is 0.314 e. The van der Waals surface area contributed by atoms with Crippen LogP contribution in [0.3, 0.4) is 0 Å². The van der Waals surface area contributed by atoms with Crippen molar-refractivity contribution in [3.63, 3.8) is 0 Å². The molecule has 1 fully saturated rings. The standard InChI is InChI=1S/C12H20O3/c1-7-5-6-8(2)12(3,4)10(13)9(7)11(14)15/h7-9H,5-6H2,1-4H3,(H,14,15). The zero-order chi connectivity index (χ0) is 11.8. The molecule has 0 amide bonds. The summed E-state index contributed by atoms with van der Waals surface area (Å²) in [5.41, 5.74) is -0.506. The first kappa shape index (κ1) is 12.2. The molecule has 0 spiro atoms. The van der Waals surface area contributed by atoms with Crippen LogP contribution < -0.4 is 0 Å². The summed E-state index contributed by atoms with van der Waals surface area (Å²) in [4.78, 5) is 23.3. The van der Waals surface area contributed by atoms with Gasteiger partial charge in [0.05, 0.1) is 0 Å². The molecule has 1 aliphatic rings. The van der Waals surface area contributed by atoms with Crippen molar-refractivity contribution < 1.29 is 14.7 Å². The van der Waals surface area contributed by atoms with E-state index in [9.17, 15) is 9.59 Å². The van der Waals surface area contributed by atoms with E-state index < -0.39 is 17.3 Å². The second kappa shape index (κ2) is 3.95. The van der Waals surface area contributed by atoms with Crippen LogP contribution in [0.15, 0.2) is 0 Å². The summed E-state index contributed by atoms with van der Waals surface area (Å²) in [7, 11) is 0. The maximum Gasteiger partial charge on any atom is 0.314 e. The predicted molar refractivity (Wildman–Crippen MR) is 57.5 cm³/mol. The number of hydrogen-bond acceptors (Lipinski definition) is 2. The number of Topliss-reactive ketones (excluding diaryl/α,β-unsaturated/α-hetero) is 1. The lowest BCUT2D eigenvalue weighted by molar-refractivity contribution is -0.151. The molecule has 1 aliphatic carbocycles. The van der Waals surface area contributed by atoms with Crippen LogP contribution >= 0.6 is 0 Å². The first-order chi connectivity index (χ1) is 6.78. The fourth-order valence-corrected chi connectivity index (χ4v) is 2.30. The molecule has 86 valence electrons. The van der Waals surface area contributed by atoms with Gasteiger partial charge in [0.2, 0.25) is 0 Å². The van der Waals surface area contributed by atoms with Crippen molar-refractivity contribution in [3.8, 4) is 0 Å². The van der Waals surface area contributed by atoms with Crippen LogP contribution in [0, 0.1) is 23.2 Å². The average Bonchev–Trinajstić information content (AvgIpc) is 2.18. The van der Waals surface area contributed by atoms with Crippen LogP contribution in [0.2, 0.25) is 0 Å². The number of hydrogen-bond donors (Lipinski definition) is 1. The molecule has 3 nitrogen and oxygen atoms in total. The van der Waals surface area contributed by atoms with Crippen LogP contribution in [0.5, 0.6) is 0 Å². The third kappa shape index (κ3) is 2.06. The number of aliphatic carboxylic acids is 1. The van der Waals surface area contributed by atoms with Gasteiger partial charge in [0.25, 0.3) is 0 Å². The molecular formula is C12H20O3. The van der Waals surface area contributed by atoms with Crippen molar-refractivity contribution in [2.24, 2.45) is 23.2 Å². The van der Waals surface area contributed by atoms with Crippen molar-refractivity contribution >= 4 is 11.8 Å². The number of carbonyl (C=O) groups excluding carboxylic acids is 1. The van der Waals surface area contributed by atoms with E-state index in [1.807, 2.05) is 27.7 Å². The first-order valence-corrected chi connectivity index (χ1v) is 5.55. The van der Waals surface area contributed by atoms with E-state index in [-0.39, 0.29) is 17.6 Å².